The van der Waals surface area contributed by atoms with Gasteiger partial charge < -0.3 is 19.4 Å². The number of para-hydroxylation sites is 1. The molecule has 1 atom stereocenters. The van der Waals surface area contributed by atoms with Gasteiger partial charge in [0, 0.05) is 56.7 Å². The van der Waals surface area contributed by atoms with Gasteiger partial charge in [-0.2, -0.15) is 0 Å². The zero-order valence-electron chi connectivity index (χ0n) is 19.5. The fourth-order valence-electron chi connectivity index (χ4n) is 4.75. The minimum atomic E-state index is -0.458. The van der Waals surface area contributed by atoms with Crippen molar-refractivity contribution in [2.24, 2.45) is 5.41 Å². The zero-order valence-corrected chi connectivity index (χ0v) is 21.0. The molecule has 34 heavy (non-hydrogen) atoms. The molecule has 2 amide bonds. The van der Waals surface area contributed by atoms with Crippen LogP contribution < -0.4 is 4.74 Å². The molecule has 0 radical (unpaired) electrons. The second kappa shape index (κ2) is 11.0. The van der Waals surface area contributed by atoms with Crippen LogP contribution in [0.25, 0.3) is 0 Å². The summed E-state index contributed by atoms with van der Waals surface area (Å²) in [5.41, 5.74) is 0.0417. The number of carbonyl (C=O) groups is 2. The van der Waals surface area contributed by atoms with Gasteiger partial charge in [0.05, 0.1) is 16.7 Å². The molecule has 1 unspecified atom stereocenters. The van der Waals surface area contributed by atoms with Crippen LogP contribution >= 0.6 is 23.2 Å². The Labute approximate surface area is 211 Å². The number of nitrogens with zero attached hydrogens (tertiary/aromatic N) is 3. The Morgan fingerprint density at radius 3 is 2.38 bits per heavy atom. The van der Waals surface area contributed by atoms with Crippen LogP contribution in [0.2, 0.25) is 10.0 Å². The molecule has 182 valence electrons. The first-order valence-electron chi connectivity index (χ1n) is 11.7. The van der Waals surface area contributed by atoms with Crippen molar-refractivity contribution in [3.05, 3.63) is 64.1 Å². The monoisotopic (exact) mass is 503 g/mol. The predicted molar refractivity (Wildman–Crippen MR) is 135 cm³/mol. The van der Waals surface area contributed by atoms with Gasteiger partial charge in [0.2, 0.25) is 5.91 Å². The second-order valence-electron chi connectivity index (χ2n) is 9.42. The summed E-state index contributed by atoms with van der Waals surface area (Å²) in [4.78, 5) is 32.7. The third-order valence-electron chi connectivity index (χ3n) is 6.79. The van der Waals surface area contributed by atoms with Crippen LogP contribution in [-0.4, -0.2) is 79.4 Å². The molecule has 2 aromatic rings. The highest BCUT2D eigenvalue weighted by Gasteiger charge is 2.41. The molecule has 2 fully saturated rings. The van der Waals surface area contributed by atoms with Gasteiger partial charge in [-0.3, -0.25) is 9.59 Å². The Hall–Kier alpha value is -2.28. The van der Waals surface area contributed by atoms with Gasteiger partial charge >= 0.3 is 0 Å². The van der Waals surface area contributed by atoms with Crippen LogP contribution in [0.15, 0.2) is 48.5 Å². The lowest BCUT2D eigenvalue weighted by atomic mass is 9.77. The predicted octanol–water partition coefficient (Wildman–Crippen LogP) is 4.46. The van der Waals surface area contributed by atoms with Crippen LogP contribution in [0.1, 0.15) is 29.6 Å². The normalized spacial score (nSPS) is 21.4. The summed E-state index contributed by atoms with van der Waals surface area (Å²) in [6, 6.07) is 14.6. The Kier molecular flexibility index (Phi) is 8.02. The van der Waals surface area contributed by atoms with Gasteiger partial charge in [0.25, 0.3) is 5.91 Å². The maximum Gasteiger partial charge on any atom is 0.253 e. The Morgan fingerprint density at radius 1 is 0.941 bits per heavy atom. The van der Waals surface area contributed by atoms with Crippen LogP contribution in [0, 0.1) is 5.41 Å². The van der Waals surface area contributed by atoms with Gasteiger partial charge in [-0.25, -0.2) is 0 Å². The molecule has 0 spiro atoms. The second-order valence-corrected chi connectivity index (χ2v) is 10.2. The van der Waals surface area contributed by atoms with Crippen molar-refractivity contribution in [2.45, 2.75) is 19.3 Å². The average Bonchev–Trinajstić information content (AvgIpc) is 2.85. The molecule has 0 saturated carbocycles. The topological polar surface area (TPSA) is 53.1 Å². The minimum Gasteiger partial charge on any atom is -0.493 e. The van der Waals surface area contributed by atoms with Crippen molar-refractivity contribution >= 4 is 35.0 Å². The molecule has 6 nitrogen and oxygen atoms in total. The van der Waals surface area contributed by atoms with E-state index >= 15 is 0 Å². The van der Waals surface area contributed by atoms with Crippen molar-refractivity contribution in [2.75, 3.05) is 52.9 Å². The van der Waals surface area contributed by atoms with Gasteiger partial charge in [-0.05, 0) is 50.2 Å². The van der Waals surface area contributed by atoms with Gasteiger partial charge in [0.15, 0.2) is 0 Å². The number of rotatable bonds is 6. The molecule has 2 aliphatic heterocycles. The number of hydrogen-bond donors (Lipinski definition) is 0. The molecular weight excluding hydrogens is 473 g/mol. The molecule has 2 heterocycles. The Bertz CT molecular complexity index is 1010. The van der Waals surface area contributed by atoms with Crippen molar-refractivity contribution in [1.29, 1.82) is 0 Å². The van der Waals surface area contributed by atoms with Crippen LogP contribution in [0.5, 0.6) is 5.75 Å². The molecule has 8 heteroatoms. The smallest absolute Gasteiger partial charge is 0.253 e. The number of piperidine rings is 1. The summed E-state index contributed by atoms with van der Waals surface area (Å²) in [6.45, 7) is 4.69. The molecule has 0 aromatic heterocycles. The molecule has 0 aliphatic carbocycles. The Balaban J connectivity index is 1.52. The maximum atomic E-state index is 13.3. The number of halogens is 2. The lowest BCUT2D eigenvalue weighted by Crippen LogP contribution is -2.53. The molecule has 2 saturated heterocycles. The lowest BCUT2D eigenvalue weighted by molar-refractivity contribution is -0.137. The average molecular weight is 504 g/mol. The van der Waals surface area contributed by atoms with Gasteiger partial charge in [-0.15, -0.1) is 0 Å². The van der Waals surface area contributed by atoms with Crippen LogP contribution in [0.4, 0.5) is 0 Å². The SMILES string of the molecule is CN1CCN(C(=O)CC2(COc3ccccc3)CCCN(C(=O)c3ccc(Cl)c(Cl)c3)C2)CC1. The number of piperazine rings is 1. The molecule has 0 N–H and O–H groups in total. The molecular formula is C26H31Cl2N3O3. The van der Waals surface area contributed by atoms with Crippen molar-refractivity contribution in [3.8, 4) is 5.75 Å². The molecule has 4 rings (SSSR count). The molecule has 0 bridgehead atoms. The first-order chi connectivity index (χ1) is 16.3. The van der Waals surface area contributed by atoms with Crippen molar-refractivity contribution in [3.63, 3.8) is 0 Å². The summed E-state index contributed by atoms with van der Waals surface area (Å²) in [5, 5.41) is 0.772. The summed E-state index contributed by atoms with van der Waals surface area (Å²) in [7, 11) is 2.07. The summed E-state index contributed by atoms with van der Waals surface area (Å²) < 4.78 is 6.17. The number of carbonyl (C=O) groups excluding carboxylic acids is 2. The largest absolute Gasteiger partial charge is 0.493 e. The highest BCUT2D eigenvalue weighted by atomic mass is 35.5. The number of ether oxygens (including phenoxy) is 1. The summed E-state index contributed by atoms with van der Waals surface area (Å²) in [6.07, 6.45) is 1.99. The van der Waals surface area contributed by atoms with E-state index in [0.29, 0.717) is 41.7 Å². The van der Waals surface area contributed by atoms with Gasteiger partial charge in [-0.1, -0.05) is 41.4 Å². The Morgan fingerprint density at radius 2 is 1.68 bits per heavy atom. The minimum absolute atomic E-state index is 0.102. The number of benzene rings is 2. The first kappa shape index (κ1) is 24.8. The van der Waals surface area contributed by atoms with E-state index in [2.05, 4.69) is 11.9 Å². The lowest BCUT2D eigenvalue weighted by Gasteiger charge is -2.43. The number of amides is 2. The number of hydrogen-bond acceptors (Lipinski definition) is 4. The zero-order chi connectivity index (χ0) is 24.1. The van der Waals surface area contributed by atoms with E-state index in [-0.39, 0.29) is 11.8 Å². The fourth-order valence-corrected chi connectivity index (χ4v) is 5.05. The van der Waals surface area contributed by atoms with E-state index < -0.39 is 5.41 Å². The van der Waals surface area contributed by atoms with Crippen LogP contribution in [-0.2, 0) is 4.79 Å². The highest BCUT2D eigenvalue weighted by molar-refractivity contribution is 6.42. The van der Waals surface area contributed by atoms with E-state index in [9.17, 15) is 9.59 Å². The summed E-state index contributed by atoms with van der Waals surface area (Å²) in [5.74, 6) is 0.796. The maximum absolute atomic E-state index is 13.3. The van der Waals surface area contributed by atoms with Crippen molar-refractivity contribution in [1.82, 2.24) is 14.7 Å². The number of likely N-dealkylation sites (N-methyl/N-ethyl adjacent to an activating group) is 1. The molecule has 2 aliphatic rings. The fraction of sp³-hybridized carbons (Fsp3) is 0.462. The van der Waals surface area contributed by atoms with Crippen molar-refractivity contribution < 1.29 is 14.3 Å². The van der Waals surface area contributed by atoms with E-state index in [1.807, 2.05) is 40.1 Å². The van der Waals surface area contributed by atoms with Gasteiger partial charge in [0.1, 0.15) is 5.75 Å². The van der Waals surface area contributed by atoms with E-state index in [0.717, 1.165) is 44.8 Å². The van der Waals surface area contributed by atoms with E-state index in [4.69, 9.17) is 27.9 Å². The number of likely N-dealkylation sites (tertiary alicyclic amines) is 1. The quantitative estimate of drug-likeness (QED) is 0.583. The molecule has 2 aromatic carbocycles. The van der Waals surface area contributed by atoms with E-state index in [1.165, 1.54) is 0 Å². The first-order valence-corrected chi connectivity index (χ1v) is 12.5. The standard InChI is InChI=1S/C26H31Cl2N3O3/c1-29-12-14-30(15-13-29)24(32)17-26(19-34-21-6-3-2-4-7-21)10-5-11-31(18-26)25(33)20-8-9-22(27)23(28)16-20/h2-4,6-9,16H,5,10-15,17-19H2,1H3. The van der Waals surface area contributed by atoms with Crippen LogP contribution in [0.3, 0.4) is 0 Å². The van der Waals surface area contributed by atoms with E-state index in [1.54, 1.807) is 18.2 Å². The highest BCUT2D eigenvalue weighted by Crippen LogP contribution is 2.36. The third-order valence-corrected chi connectivity index (χ3v) is 7.52. The third kappa shape index (κ3) is 6.04. The summed E-state index contributed by atoms with van der Waals surface area (Å²) >= 11 is 12.2.